The molecule has 0 amide bonds. The summed E-state index contributed by atoms with van der Waals surface area (Å²) in [6.45, 7) is 6.88. The zero-order valence-corrected chi connectivity index (χ0v) is 15.6. The molecule has 0 saturated heterocycles. The zero-order valence-electron chi connectivity index (χ0n) is 12.4. The maximum atomic E-state index is 5.71. The van der Waals surface area contributed by atoms with Gasteiger partial charge < -0.3 is 10.1 Å². The Bertz CT molecular complexity index is 605. The molecule has 0 radical (unpaired) electrons. The van der Waals surface area contributed by atoms with E-state index in [1.807, 2.05) is 25.1 Å². The van der Waals surface area contributed by atoms with E-state index in [1.54, 1.807) is 0 Å². The van der Waals surface area contributed by atoms with Crippen LogP contribution in [0.25, 0.3) is 0 Å². The molecule has 1 atom stereocenters. The minimum absolute atomic E-state index is 0.142. The Hall–Kier alpha value is -1.000. The maximum absolute atomic E-state index is 5.71. The van der Waals surface area contributed by atoms with Crippen LogP contribution in [0.1, 0.15) is 31.0 Å². The number of hydrogen-bond donors (Lipinski definition) is 1. The van der Waals surface area contributed by atoms with Crippen molar-refractivity contribution in [3.8, 4) is 5.75 Å². The lowest BCUT2D eigenvalue weighted by atomic mass is 10.1. The van der Waals surface area contributed by atoms with Crippen LogP contribution in [0.15, 0.2) is 45.3 Å². The van der Waals surface area contributed by atoms with E-state index in [9.17, 15) is 0 Å². The van der Waals surface area contributed by atoms with Crippen molar-refractivity contribution < 1.29 is 4.74 Å². The molecule has 0 aliphatic rings. The summed E-state index contributed by atoms with van der Waals surface area (Å²) in [5.74, 6) is 0.930. The lowest BCUT2D eigenvalue weighted by Gasteiger charge is -2.21. The predicted molar refractivity (Wildman–Crippen MR) is 96.2 cm³/mol. The molecule has 2 aromatic carbocycles. The quantitative estimate of drug-likeness (QED) is 0.641. The molecule has 21 heavy (non-hydrogen) atoms. The van der Waals surface area contributed by atoms with Crippen LogP contribution in [-0.4, -0.2) is 6.61 Å². The van der Waals surface area contributed by atoms with Crippen LogP contribution < -0.4 is 10.1 Å². The van der Waals surface area contributed by atoms with Gasteiger partial charge in [0.05, 0.1) is 18.3 Å². The first kappa shape index (κ1) is 16.4. The average Bonchev–Trinajstić information content (AvgIpc) is 2.43. The van der Waals surface area contributed by atoms with Gasteiger partial charge in [-0.1, -0.05) is 18.2 Å². The molecule has 2 nitrogen and oxygen atoms in total. The summed E-state index contributed by atoms with van der Waals surface area (Å²) in [4.78, 5) is 0. The van der Waals surface area contributed by atoms with Gasteiger partial charge in [0.15, 0.2) is 0 Å². The van der Waals surface area contributed by atoms with E-state index >= 15 is 0 Å². The highest BCUT2D eigenvalue weighted by atomic mass is 79.9. The summed E-state index contributed by atoms with van der Waals surface area (Å²) in [5.41, 5.74) is 3.42. The van der Waals surface area contributed by atoms with Crippen LogP contribution in [0, 0.1) is 6.92 Å². The Morgan fingerprint density at radius 3 is 2.38 bits per heavy atom. The second-order valence-electron chi connectivity index (χ2n) is 4.94. The Morgan fingerprint density at radius 1 is 1.14 bits per heavy atom. The fourth-order valence-electron chi connectivity index (χ4n) is 2.26. The second-order valence-corrected chi connectivity index (χ2v) is 6.65. The summed E-state index contributed by atoms with van der Waals surface area (Å²) in [6.07, 6.45) is 0. The van der Waals surface area contributed by atoms with Gasteiger partial charge in [0.25, 0.3) is 0 Å². The smallest absolute Gasteiger partial charge is 0.124 e. The number of aryl methyl sites for hydroxylation is 1. The Balaban J connectivity index is 2.28. The minimum Gasteiger partial charge on any atom is -0.494 e. The van der Waals surface area contributed by atoms with Gasteiger partial charge in [-0.25, -0.2) is 0 Å². The van der Waals surface area contributed by atoms with Crippen LogP contribution in [0.4, 0.5) is 5.69 Å². The first-order valence-electron chi connectivity index (χ1n) is 6.96. The van der Waals surface area contributed by atoms with E-state index < -0.39 is 0 Å². The van der Waals surface area contributed by atoms with Crippen molar-refractivity contribution in [3.05, 3.63) is 56.5 Å². The lowest BCUT2D eigenvalue weighted by Crippen LogP contribution is -2.10. The summed E-state index contributed by atoms with van der Waals surface area (Å²) < 4.78 is 7.81. The predicted octanol–water partition coefficient (Wildman–Crippen LogP) is 6.09. The number of anilines is 1. The number of ether oxygens (including phenoxy) is 1. The summed E-state index contributed by atoms with van der Waals surface area (Å²) in [5, 5.41) is 3.55. The van der Waals surface area contributed by atoms with Crippen molar-refractivity contribution in [2.24, 2.45) is 0 Å². The molecule has 112 valence electrons. The highest BCUT2D eigenvalue weighted by Crippen LogP contribution is 2.36. The molecule has 1 unspecified atom stereocenters. The summed E-state index contributed by atoms with van der Waals surface area (Å²) >= 11 is 7.25. The highest BCUT2D eigenvalue weighted by molar-refractivity contribution is 9.11. The van der Waals surface area contributed by atoms with Crippen LogP contribution in [0.2, 0.25) is 0 Å². The number of nitrogens with one attached hydrogen (secondary N) is 1. The van der Waals surface area contributed by atoms with Crippen molar-refractivity contribution >= 4 is 37.5 Å². The number of rotatable bonds is 5. The molecular weight excluding hydrogens is 394 g/mol. The van der Waals surface area contributed by atoms with Gasteiger partial charge in [-0.3, -0.25) is 0 Å². The van der Waals surface area contributed by atoms with Gasteiger partial charge in [-0.15, -0.1) is 0 Å². The molecule has 2 rings (SSSR count). The van der Waals surface area contributed by atoms with Gasteiger partial charge in [0.1, 0.15) is 5.75 Å². The first-order chi connectivity index (χ1) is 10.0. The van der Waals surface area contributed by atoms with Gasteiger partial charge in [0.2, 0.25) is 0 Å². The van der Waals surface area contributed by atoms with Gasteiger partial charge in [0, 0.05) is 14.5 Å². The van der Waals surface area contributed by atoms with Gasteiger partial charge in [-0.05, 0) is 76.4 Å². The van der Waals surface area contributed by atoms with Crippen LogP contribution in [-0.2, 0) is 0 Å². The molecule has 0 aliphatic heterocycles. The third-order valence-corrected chi connectivity index (χ3v) is 4.48. The SMILES string of the molecule is CCOc1ccccc1C(C)Nc1c(Br)cc(C)cc1Br. The number of hydrogen-bond acceptors (Lipinski definition) is 2. The first-order valence-corrected chi connectivity index (χ1v) is 8.55. The largest absolute Gasteiger partial charge is 0.494 e. The van der Waals surface area contributed by atoms with Crippen molar-refractivity contribution in [1.82, 2.24) is 0 Å². The van der Waals surface area contributed by atoms with Crippen molar-refractivity contribution in [2.45, 2.75) is 26.8 Å². The standard InChI is InChI=1S/C17H19Br2NO/c1-4-21-16-8-6-5-7-13(16)12(3)20-17-14(18)9-11(2)10-15(17)19/h5-10,12,20H,4H2,1-3H3. The van der Waals surface area contributed by atoms with Gasteiger partial charge >= 0.3 is 0 Å². The van der Waals surface area contributed by atoms with E-state index in [4.69, 9.17) is 4.74 Å². The molecule has 0 heterocycles. The summed E-state index contributed by atoms with van der Waals surface area (Å²) in [6, 6.07) is 12.5. The maximum Gasteiger partial charge on any atom is 0.124 e. The molecule has 0 saturated carbocycles. The molecule has 4 heteroatoms. The van der Waals surface area contributed by atoms with E-state index in [1.165, 1.54) is 5.56 Å². The van der Waals surface area contributed by atoms with E-state index in [2.05, 4.69) is 69.2 Å². The van der Waals surface area contributed by atoms with Crippen LogP contribution >= 0.6 is 31.9 Å². The minimum atomic E-state index is 0.142. The third kappa shape index (κ3) is 4.01. The summed E-state index contributed by atoms with van der Waals surface area (Å²) in [7, 11) is 0. The topological polar surface area (TPSA) is 21.3 Å². The molecule has 0 spiro atoms. The van der Waals surface area contributed by atoms with Crippen LogP contribution in [0.5, 0.6) is 5.75 Å². The number of halogens is 2. The van der Waals surface area contributed by atoms with Crippen LogP contribution in [0.3, 0.4) is 0 Å². The highest BCUT2D eigenvalue weighted by Gasteiger charge is 2.14. The fourth-order valence-corrected chi connectivity index (χ4v) is 3.90. The molecule has 1 N–H and O–H groups in total. The van der Waals surface area contributed by atoms with E-state index in [0.29, 0.717) is 6.61 Å². The van der Waals surface area contributed by atoms with Gasteiger partial charge in [-0.2, -0.15) is 0 Å². The molecule has 0 fully saturated rings. The van der Waals surface area contributed by atoms with Crippen molar-refractivity contribution in [1.29, 1.82) is 0 Å². The molecule has 0 aromatic heterocycles. The average molecular weight is 413 g/mol. The third-order valence-electron chi connectivity index (χ3n) is 3.23. The Morgan fingerprint density at radius 2 is 1.76 bits per heavy atom. The zero-order chi connectivity index (χ0) is 15.4. The number of para-hydroxylation sites is 1. The molecular formula is C17H19Br2NO. The fraction of sp³-hybridized carbons (Fsp3) is 0.294. The Labute approximate surface area is 143 Å². The normalized spacial score (nSPS) is 12.0. The molecule has 0 aliphatic carbocycles. The van der Waals surface area contributed by atoms with E-state index in [-0.39, 0.29) is 6.04 Å². The monoisotopic (exact) mass is 411 g/mol. The molecule has 2 aromatic rings. The van der Waals surface area contributed by atoms with Crippen molar-refractivity contribution in [3.63, 3.8) is 0 Å². The Kier molecular flexibility index (Phi) is 5.71. The lowest BCUT2D eigenvalue weighted by molar-refractivity contribution is 0.335. The van der Waals surface area contributed by atoms with E-state index in [0.717, 1.165) is 25.9 Å². The molecule has 0 bridgehead atoms. The van der Waals surface area contributed by atoms with Crippen molar-refractivity contribution in [2.75, 3.05) is 11.9 Å². The second kappa shape index (κ2) is 7.32. The number of benzene rings is 2.